The second-order valence-corrected chi connectivity index (χ2v) is 6.95. The number of rotatable bonds is 2. The molecule has 0 radical (unpaired) electrons. The number of halogens is 1. The second-order valence-electron chi connectivity index (χ2n) is 6.03. The average molecular weight is 344 g/mol. The molecule has 2 aliphatic rings. The minimum Gasteiger partial charge on any atom is -0.485 e. The number of benzene rings is 2. The Morgan fingerprint density at radius 3 is 2.52 bits per heavy atom. The average Bonchev–Trinajstić information content (AvgIpc) is 3.32. The van der Waals surface area contributed by atoms with E-state index in [2.05, 4.69) is 46.3 Å². The number of hydrogen-bond acceptors (Lipinski definition) is 2. The normalized spacial score (nSPS) is 24.3. The third kappa shape index (κ3) is 2.49. The van der Waals surface area contributed by atoms with Gasteiger partial charge in [0.25, 0.3) is 0 Å². The van der Waals surface area contributed by atoms with E-state index in [0.717, 1.165) is 28.1 Å². The lowest BCUT2D eigenvalue weighted by Crippen LogP contribution is -2.24. The van der Waals surface area contributed by atoms with Crippen molar-refractivity contribution in [1.29, 1.82) is 0 Å². The molecule has 2 aromatic rings. The summed E-state index contributed by atoms with van der Waals surface area (Å²) in [5.74, 6) is 1.65. The van der Waals surface area contributed by atoms with Gasteiger partial charge >= 0.3 is 0 Å². The highest BCUT2D eigenvalue weighted by molar-refractivity contribution is 9.10. The molecule has 0 spiro atoms. The second kappa shape index (κ2) is 5.15. The van der Waals surface area contributed by atoms with E-state index in [9.17, 15) is 0 Å². The van der Waals surface area contributed by atoms with Gasteiger partial charge < -0.3 is 10.5 Å². The van der Waals surface area contributed by atoms with Crippen LogP contribution >= 0.6 is 15.9 Å². The van der Waals surface area contributed by atoms with E-state index in [1.807, 2.05) is 12.1 Å². The maximum absolute atomic E-state index is 6.38. The number of nitrogens with two attached hydrogens (primary N) is 1. The van der Waals surface area contributed by atoms with Crippen LogP contribution in [0.2, 0.25) is 0 Å². The van der Waals surface area contributed by atoms with Crippen molar-refractivity contribution in [2.24, 2.45) is 5.73 Å². The SMILES string of the molecule is NC1CC(c2ccccc2C2CC2)Oc2ccc(Br)cc21. The van der Waals surface area contributed by atoms with Crippen molar-refractivity contribution in [2.75, 3.05) is 0 Å². The standard InChI is InChI=1S/C18H18BrNO/c19-12-7-8-17-15(9-12)16(20)10-18(21-17)14-4-2-1-3-13(14)11-5-6-11/h1-4,7-9,11,16,18H,5-6,10,20H2. The summed E-state index contributed by atoms with van der Waals surface area (Å²) in [5.41, 5.74) is 10.3. The van der Waals surface area contributed by atoms with Crippen LogP contribution in [0.15, 0.2) is 46.9 Å². The molecule has 3 heteroatoms. The summed E-state index contributed by atoms with van der Waals surface area (Å²) in [5, 5.41) is 0. The molecule has 1 saturated carbocycles. The Balaban J connectivity index is 1.71. The first-order valence-electron chi connectivity index (χ1n) is 7.53. The van der Waals surface area contributed by atoms with Gasteiger partial charge in [-0.3, -0.25) is 0 Å². The molecule has 2 nitrogen and oxygen atoms in total. The molecule has 1 fully saturated rings. The summed E-state index contributed by atoms with van der Waals surface area (Å²) in [7, 11) is 0. The zero-order valence-electron chi connectivity index (χ0n) is 11.8. The van der Waals surface area contributed by atoms with E-state index in [-0.39, 0.29) is 12.1 Å². The van der Waals surface area contributed by atoms with Crippen LogP contribution in [-0.4, -0.2) is 0 Å². The lowest BCUT2D eigenvalue weighted by Gasteiger charge is -2.31. The van der Waals surface area contributed by atoms with Gasteiger partial charge in [0.1, 0.15) is 11.9 Å². The predicted octanol–water partition coefficient (Wildman–Crippen LogP) is 4.85. The van der Waals surface area contributed by atoms with E-state index in [0.29, 0.717) is 0 Å². The summed E-state index contributed by atoms with van der Waals surface area (Å²) in [6.07, 6.45) is 3.52. The Morgan fingerprint density at radius 1 is 1.00 bits per heavy atom. The predicted molar refractivity (Wildman–Crippen MR) is 87.5 cm³/mol. The molecule has 2 unspecified atom stereocenters. The van der Waals surface area contributed by atoms with Gasteiger partial charge in [0.2, 0.25) is 0 Å². The van der Waals surface area contributed by atoms with Crippen LogP contribution in [0.1, 0.15) is 54.0 Å². The first-order chi connectivity index (χ1) is 10.2. The van der Waals surface area contributed by atoms with Crippen molar-refractivity contribution in [2.45, 2.75) is 37.3 Å². The molecular formula is C18H18BrNO. The largest absolute Gasteiger partial charge is 0.485 e. The Labute approximate surface area is 133 Å². The van der Waals surface area contributed by atoms with Crippen molar-refractivity contribution in [3.8, 4) is 5.75 Å². The lowest BCUT2D eigenvalue weighted by molar-refractivity contribution is 0.160. The highest BCUT2D eigenvalue weighted by Crippen LogP contribution is 2.47. The molecule has 2 N–H and O–H groups in total. The lowest BCUT2D eigenvalue weighted by atomic mass is 9.90. The van der Waals surface area contributed by atoms with Gasteiger partial charge in [-0.25, -0.2) is 0 Å². The minimum atomic E-state index is 0.0310. The van der Waals surface area contributed by atoms with Gasteiger partial charge in [-0.15, -0.1) is 0 Å². The summed E-state index contributed by atoms with van der Waals surface area (Å²) < 4.78 is 7.31. The van der Waals surface area contributed by atoms with Gasteiger partial charge in [0.15, 0.2) is 0 Å². The van der Waals surface area contributed by atoms with E-state index < -0.39 is 0 Å². The summed E-state index contributed by atoms with van der Waals surface area (Å²) in [6.45, 7) is 0. The maximum atomic E-state index is 6.38. The number of ether oxygens (including phenoxy) is 1. The molecule has 0 amide bonds. The van der Waals surface area contributed by atoms with E-state index >= 15 is 0 Å². The van der Waals surface area contributed by atoms with Crippen molar-refractivity contribution >= 4 is 15.9 Å². The third-order valence-electron chi connectivity index (χ3n) is 4.47. The van der Waals surface area contributed by atoms with Gasteiger partial charge in [-0.1, -0.05) is 40.2 Å². The van der Waals surface area contributed by atoms with Gasteiger partial charge in [0.05, 0.1) is 0 Å². The maximum Gasteiger partial charge on any atom is 0.126 e. The minimum absolute atomic E-state index is 0.0310. The monoisotopic (exact) mass is 343 g/mol. The fraction of sp³-hybridized carbons (Fsp3) is 0.333. The van der Waals surface area contributed by atoms with Crippen LogP contribution < -0.4 is 10.5 Å². The number of hydrogen-bond donors (Lipinski definition) is 1. The molecule has 4 rings (SSSR count). The van der Waals surface area contributed by atoms with Crippen LogP contribution in [0, 0.1) is 0 Å². The van der Waals surface area contributed by atoms with E-state index in [1.165, 1.54) is 24.0 Å². The molecule has 1 heterocycles. The molecule has 2 aromatic carbocycles. The molecule has 0 aromatic heterocycles. The summed E-state index contributed by atoms with van der Waals surface area (Å²) in [4.78, 5) is 0. The Bertz CT molecular complexity index is 681. The smallest absolute Gasteiger partial charge is 0.126 e. The molecular weight excluding hydrogens is 326 g/mol. The fourth-order valence-electron chi connectivity index (χ4n) is 3.24. The molecule has 1 aliphatic heterocycles. The van der Waals surface area contributed by atoms with Crippen molar-refractivity contribution < 1.29 is 4.74 Å². The molecule has 2 atom stereocenters. The molecule has 108 valence electrons. The molecule has 0 saturated heterocycles. The highest BCUT2D eigenvalue weighted by Gasteiger charge is 2.32. The zero-order chi connectivity index (χ0) is 14.4. The zero-order valence-corrected chi connectivity index (χ0v) is 13.3. The van der Waals surface area contributed by atoms with Crippen LogP contribution in [0.5, 0.6) is 5.75 Å². The van der Waals surface area contributed by atoms with Crippen molar-refractivity contribution in [3.05, 3.63) is 63.6 Å². The van der Waals surface area contributed by atoms with Crippen LogP contribution in [0.25, 0.3) is 0 Å². The summed E-state index contributed by atoms with van der Waals surface area (Å²) >= 11 is 3.51. The van der Waals surface area contributed by atoms with E-state index in [1.54, 1.807) is 0 Å². The van der Waals surface area contributed by atoms with Crippen molar-refractivity contribution in [1.82, 2.24) is 0 Å². The quantitative estimate of drug-likeness (QED) is 0.845. The first kappa shape index (κ1) is 13.4. The Morgan fingerprint density at radius 2 is 1.76 bits per heavy atom. The first-order valence-corrected chi connectivity index (χ1v) is 8.32. The van der Waals surface area contributed by atoms with Crippen LogP contribution in [0.4, 0.5) is 0 Å². The molecule has 0 bridgehead atoms. The van der Waals surface area contributed by atoms with Crippen molar-refractivity contribution in [3.63, 3.8) is 0 Å². The van der Waals surface area contributed by atoms with Gasteiger partial charge in [0, 0.05) is 22.5 Å². The van der Waals surface area contributed by atoms with Crippen LogP contribution in [-0.2, 0) is 0 Å². The third-order valence-corrected chi connectivity index (χ3v) is 4.96. The topological polar surface area (TPSA) is 35.2 Å². The summed E-state index contributed by atoms with van der Waals surface area (Å²) in [6, 6.07) is 14.8. The molecule has 1 aliphatic carbocycles. The Kier molecular flexibility index (Phi) is 3.27. The Hall–Kier alpha value is -1.32. The highest BCUT2D eigenvalue weighted by atomic mass is 79.9. The van der Waals surface area contributed by atoms with Crippen LogP contribution in [0.3, 0.4) is 0 Å². The van der Waals surface area contributed by atoms with Gasteiger partial charge in [-0.05, 0) is 48.1 Å². The fourth-order valence-corrected chi connectivity index (χ4v) is 3.61. The van der Waals surface area contributed by atoms with Gasteiger partial charge in [-0.2, -0.15) is 0 Å². The van der Waals surface area contributed by atoms with E-state index in [4.69, 9.17) is 10.5 Å². The number of fused-ring (bicyclic) bond motifs is 1. The molecule has 21 heavy (non-hydrogen) atoms.